The maximum absolute atomic E-state index is 13.1. The molecule has 0 aliphatic carbocycles. The number of rotatable bonds is 2. The van der Waals surface area contributed by atoms with Gasteiger partial charge in [0.2, 0.25) is 5.91 Å². The standard InChI is InChI=1S/C12H14FNO/c13-11-6-7-12(15)14(9-11)8-10-4-2-1-3-5-10/h1-5,11H,6-9H2. The van der Waals surface area contributed by atoms with Gasteiger partial charge in [0.15, 0.2) is 0 Å². The number of piperidine rings is 1. The van der Waals surface area contributed by atoms with E-state index >= 15 is 0 Å². The first-order chi connectivity index (χ1) is 7.25. The molecule has 0 radical (unpaired) electrons. The van der Waals surface area contributed by atoms with Crippen LogP contribution in [0.15, 0.2) is 30.3 Å². The van der Waals surface area contributed by atoms with E-state index in [-0.39, 0.29) is 12.5 Å². The largest absolute Gasteiger partial charge is 0.335 e. The fraction of sp³-hybridized carbons (Fsp3) is 0.417. The number of alkyl halides is 1. The van der Waals surface area contributed by atoms with Gasteiger partial charge in [-0.05, 0) is 12.0 Å². The van der Waals surface area contributed by atoms with Crippen molar-refractivity contribution in [3.05, 3.63) is 35.9 Å². The van der Waals surface area contributed by atoms with E-state index < -0.39 is 6.17 Å². The number of amides is 1. The molecule has 2 rings (SSSR count). The molecule has 80 valence electrons. The zero-order valence-electron chi connectivity index (χ0n) is 8.53. The number of carbonyl (C=O) groups excluding carboxylic acids is 1. The lowest BCUT2D eigenvalue weighted by Gasteiger charge is -2.28. The molecule has 1 aliphatic rings. The molecule has 1 aromatic carbocycles. The lowest BCUT2D eigenvalue weighted by atomic mass is 10.1. The summed E-state index contributed by atoms with van der Waals surface area (Å²) >= 11 is 0. The molecule has 15 heavy (non-hydrogen) atoms. The maximum atomic E-state index is 13.1. The van der Waals surface area contributed by atoms with Crippen molar-refractivity contribution in [1.29, 1.82) is 0 Å². The Balaban J connectivity index is 2.01. The molecule has 1 aliphatic heterocycles. The van der Waals surface area contributed by atoms with Crippen LogP contribution >= 0.6 is 0 Å². The Hall–Kier alpha value is -1.38. The van der Waals surface area contributed by atoms with Crippen LogP contribution in [0.5, 0.6) is 0 Å². The molecule has 1 saturated heterocycles. The molecule has 0 N–H and O–H groups in total. The van der Waals surface area contributed by atoms with E-state index in [4.69, 9.17) is 0 Å². The average molecular weight is 207 g/mol. The molecule has 0 spiro atoms. The molecule has 1 heterocycles. The summed E-state index contributed by atoms with van der Waals surface area (Å²) in [6.45, 7) is 0.772. The molecule has 0 aromatic heterocycles. The smallest absolute Gasteiger partial charge is 0.223 e. The summed E-state index contributed by atoms with van der Waals surface area (Å²) in [6, 6.07) is 9.69. The van der Waals surface area contributed by atoms with Crippen LogP contribution in [-0.4, -0.2) is 23.5 Å². The number of carbonyl (C=O) groups is 1. The second-order valence-corrected chi connectivity index (χ2v) is 3.90. The van der Waals surface area contributed by atoms with Crippen LogP contribution in [0.3, 0.4) is 0 Å². The van der Waals surface area contributed by atoms with E-state index in [9.17, 15) is 9.18 Å². The third-order valence-electron chi connectivity index (χ3n) is 2.66. The molecule has 0 bridgehead atoms. The topological polar surface area (TPSA) is 20.3 Å². The zero-order valence-corrected chi connectivity index (χ0v) is 8.53. The van der Waals surface area contributed by atoms with Gasteiger partial charge in [0, 0.05) is 13.0 Å². The van der Waals surface area contributed by atoms with Gasteiger partial charge in [-0.2, -0.15) is 0 Å². The van der Waals surface area contributed by atoms with Crippen molar-refractivity contribution in [2.75, 3.05) is 6.54 Å². The van der Waals surface area contributed by atoms with Crippen molar-refractivity contribution >= 4 is 5.91 Å². The predicted octanol–water partition coefficient (Wildman–Crippen LogP) is 2.15. The number of benzene rings is 1. The minimum absolute atomic E-state index is 0.0627. The third kappa shape index (κ3) is 2.55. The van der Waals surface area contributed by atoms with Crippen molar-refractivity contribution in [2.45, 2.75) is 25.6 Å². The normalized spacial score (nSPS) is 21.8. The number of likely N-dealkylation sites (tertiary alicyclic amines) is 1. The third-order valence-corrected chi connectivity index (χ3v) is 2.66. The summed E-state index contributed by atoms with van der Waals surface area (Å²) < 4.78 is 13.1. The van der Waals surface area contributed by atoms with Crippen LogP contribution in [0.1, 0.15) is 18.4 Å². The second kappa shape index (κ2) is 4.43. The molecule has 1 fully saturated rings. The van der Waals surface area contributed by atoms with E-state index in [1.54, 1.807) is 4.90 Å². The summed E-state index contributed by atoms with van der Waals surface area (Å²) in [4.78, 5) is 13.1. The van der Waals surface area contributed by atoms with Crippen molar-refractivity contribution in [2.24, 2.45) is 0 Å². The van der Waals surface area contributed by atoms with E-state index in [2.05, 4.69) is 0 Å². The van der Waals surface area contributed by atoms with Crippen LogP contribution < -0.4 is 0 Å². The van der Waals surface area contributed by atoms with Crippen molar-refractivity contribution in [3.63, 3.8) is 0 Å². The van der Waals surface area contributed by atoms with Gasteiger partial charge >= 0.3 is 0 Å². The Morgan fingerprint density at radius 2 is 2.07 bits per heavy atom. The first-order valence-corrected chi connectivity index (χ1v) is 5.21. The van der Waals surface area contributed by atoms with E-state index in [1.165, 1.54) is 0 Å². The molecular weight excluding hydrogens is 193 g/mol. The van der Waals surface area contributed by atoms with E-state index in [1.807, 2.05) is 30.3 Å². The van der Waals surface area contributed by atoms with E-state index in [0.29, 0.717) is 19.4 Å². The van der Waals surface area contributed by atoms with Crippen LogP contribution in [0.4, 0.5) is 4.39 Å². The summed E-state index contributed by atoms with van der Waals surface area (Å²) in [5.74, 6) is 0.0627. The first kappa shape index (κ1) is 10.1. The van der Waals surface area contributed by atoms with Crippen LogP contribution in [0.2, 0.25) is 0 Å². The van der Waals surface area contributed by atoms with Gasteiger partial charge in [0.05, 0.1) is 6.54 Å². The maximum Gasteiger partial charge on any atom is 0.223 e. The highest BCUT2D eigenvalue weighted by molar-refractivity contribution is 5.77. The molecule has 3 heteroatoms. The highest BCUT2D eigenvalue weighted by atomic mass is 19.1. The van der Waals surface area contributed by atoms with Gasteiger partial charge in [-0.3, -0.25) is 4.79 Å². The SMILES string of the molecule is O=C1CCC(F)CN1Cc1ccccc1. The molecule has 1 aromatic rings. The fourth-order valence-corrected chi connectivity index (χ4v) is 1.83. The molecule has 1 unspecified atom stereocenters. The summed E-state index contributed by atoms with van der Waals surface area (Å²) in [6.07, 6.45) is -0.135. The van der Waals surface area contributed by atoms with Gasteiger partial charge < -0.3 is 4.90 Å². The van der Waals surface area contributed by atoms with E-state index in [0.717, 1.165) is 5.56 Å². The van der Waals surface area contributed by atoms with Crippen molar-refractivity contribution in [1.82, 2.24) is 4.90 Å². The number of halogens is 1. The molecule has 1 atom stereocenters. The first-order valence-electron chi connectivity index (χ1n) is 5.21. The average Bonchev–Trinajstić information content (AvgIpc) is 2.25. The lowest BCUT2D eigenvalue weighted by molar-refractivity contribution is -0.135. The highest BCUT2D eigenvalue weighted by Crippen LogP contribution is 2.16. The van der Waals surface area contributed by atoms with Gasteiger partial charge in [-0.15, -0.1) is 0 Å². The van der Waals surface area contributed by atoms with Crippen LogP contribution in [0, 0.1) is 0 Å². The predicted molar refractivity (Wildman–Crippen MR) is 56.0 cm³/mol. The Kier molecular flexibility index (Phi) is 2.99. The van der Waals surface area contributed by atoms with Gasteiger partial charge in [-0.1, -0.05) is 30.3 Å². The Morgan fingerprint density at radius 1 is 1.33 bits per heavy atom. The monoisotopic (exact) mass is 207 g/mol. The van der Waals surface area contributed by atoms with Crippen LogP contribution in [0.25, 0.3) is 0 Å². The highest BCUT2D eigenvalue weighted by Gasteiger charge is 2.24. The minimum atomic E-state index is -0.855. The second-order valence-electron chi connectivity index (χ2n) is 3.90. The number of nitrogens with zero attached hydrogens (tertiary/aromatic N) is 1. The van der Waals surface area contributed by atoms with Gasteiger partial charge in [0.1, 0.15) is 6.17 Å². The Morgan fingerprint density at radius 3 is 2.80 bits per heavy atom. The summed E-state index contributed by atoms with van der Waals surface area (Å²) in [5, 5.41) is 0. The van der Waals surface area contributed by atoms with Gasteiger partial charge in [-0.25, -0.2) is 4.39 Å². The van der Waals surface area contributed by atoms with Crippen molar-refractivity contribution in [3.8, 4) is 0 Å². The molecular formula is C12H14FNO. The lowest BCUT2D eigenvalue weighted by Crippen LogP contribution is -2.40. The van der Waals surface area contributed by atoms with Gasteiger partial charge in [0.25, 0.3) is 0 Å². The molecule has 0 saturated carbocycles. The fourth-order valence-electron chi connectivity index (χ4n) is 1.83. The number of hydrogen-bond acceptors (Lipinski definition) is 1. The molecule has 1 amide bonds. The van der Waals surface area contributed by atoms with Crippen molar-refractivity contribution < 1.29 is 9.18 Å². The Bertz CT molecular complexity index is 339. The molecule has 2 nitrogen and oxygen atoms in total. The zero-order chi connectivity index (χ0) is 10.7. The minimum Gasteiger partial charge on any atom is -0.335 e. The number of hydrogen-bond donors (Lipinski definition) is 0. The Labute approximate surface area is 88.7 Å². The van der Waals surface area contributed by atoms with Crippen LogP contribution in [-0.2, 0) is 11.3 Å². The summed E-state index contributed by atoms with van der Waals surface area (Å²) in [7, 11) is 0. The quantitative estimate of drug-likeness (QED) is 0.727. The summed E-state index contributed by atoms with van der Waals surface area (Å²) in [5.41, 5.74) is 1.06.